The molecule has 0 bridgehead atoms. The van der Waals surface area contributed by atoms with Gasteiger partial charge in [0.25, 0.3) is 0 Å². The van der Waals surface area contributed by atoms with Gasteiger partial charge >= 0.3 is 5.97 Å². The molecule has 0 spiro atoms. The number of anilines is 1. The zero-order valence-corrected chi connectivity index (χ0v) is 19.2. The number of hydrogen-bond donors (Lipinski definition) is 2. The fourth-order valence-electron chi connectivity index (χ4n) is 3.31. The summed E-state index contributed by atoms with van der Waals surface area (Å²) >= 11 is 7.03. The zero-order valence-electron chi connectivity index (χ0n) is 17.6. The van der Waals surface area contributed by atoms with Crippen molar-refractivity contribution in [2.24, 2.45) is 0 Å². The third kappa shape index (κ3) is 5.26. The smallest absolute Gasteiger partial charge is 0.341 e. The summed E-state index contributed by atoms with van der Waals surface area (Å²) < 4.78 is 5.24. The van der Waals surface area contributed by atoms with Gasteiger partial charge in [-0.2, -0.15) is 0 Å². The van der Waals surface area contributed by atoms with Gasteiger partial charge in [-0.3, -0.25) is 0 Å². The number of thiophene rings is 1. The third-order valence-electron chi connectivity index (χ3n) is 4.75. The second kappa shape index (κ2) is 9.87. The lowest BCUT2D eigenvalue weighted by molar-refractivity contribution is 0.0528. The molecule has 6 heteroatoms. The topological polar surface area (TPSA) is 50.4 Å². The number of thiocarbonyl (C=S) groups is 1. The Bertz CT molecular complexity index is 1040. The highest BCUT2D eigenvalue weighted by Crippen LogP contribution is 2.36. The Kier molecular flexibility index (Phi) is 7.24. The number of ether oxygens (including phenoxy) is 1. The van der Waals surface area contributed by atoms with Crippen LogP contribution in [-0.4, -0.2) is 17.7 Å². The largest absolute Gasteiger partial charge is 0.462 e. The van der Waals surface area contributed by atoms with Gasteiger partial charge in [-0.05, 0) is 62.7 Å². The fourth-order valence-corrected chi connectivity index (χ4v) is 4.71. The van der Waals surface area contributed by atoms with Crippen molar-refractivity contribution in [3.8, 4) is 10.4 Å². The quantitative estimate of drug-likeness (QED) is 0.352. The van der Waals surface area contributed by atoms with Crippen LogP contribution in [0.4, 0.5) is 5.00 Å². The Morgan fingerprint density at radius 3 is 2.53 bits per heavy atom. The van der Waals surface area contributed by atoms with Crippen LogP contribution in [-0.2, 0) is 4.74 Å². The van der Waals surface area contributed by atoms with E-state index in [2.05, 4.69) is 49.6 Å². The molecule has 2 N–H and O–H groups in total. The molecule has 0 fully saturated rings. The van der Waals surface area contributed by atoms with E-state index in [1.165, 1.54) is 28.0 Å². The molecule has 0 aliphatic heterocycles. The maximum absolute atomic E-state index is 12.5. The summed E-state index contributed by atoms with van der Waals surface area (Å²) in [5.41, 5.74) is 5.17. The molecule has 0 aliphatic rings. The van der Waals surface area contributed by atoms with E-state index in [9.17, 15) is 4.79 Å². The molecule has 0 saturated heterocycles. The van der Waals surface area contributed by atoms with E-state index in [-0.39, 0.29) is 12.0 Å². The summed E-state index contributed by atoms with van der Waals surface area (Å²) in [6, 6.07) is 18.2. The Morgan fingerprint density at radius 1 is 1.13 bits per heavy atom. The van der Waals surface area contributed by atoms with E-state index in [1.807, 2.05) is 36.4 Å². The number of aryl methyl sites for hydroxylation is 2. The van der Waals surface area contributed by atoms with Gasteiger partial charge < -0.3 is 15.4 Å². The first kappa shape index (κ1) is 22.0. The first-order chi connectivity index (χ1) is 14.4. The molecule has 1 atom stereocenters. The van der Waals surface area contributed by atoms with E-state index in [0.29, 0.717) is 22.3 Å². The van der Waals surface area contributed by atoms with Crippen LogP contribution < -0.4 is 10.6 Å². The molecule has 2 aromatic carbocycles. The molecular formula is C24H26N2O2S2. The highest BCUT2D eigenvalue weighted by atomic mass is 32.1. The molecule has 1 unspecified atom stereocenters. The number of nitrogens with one attached hydrogen (secondary N) is 2. The minimum Gasteiger partial charge on any atom is -0.462 e. The summed E-state index contributed by atoms with van der Waals surface area (Å²) in [6.07, 6.45) is 0. The lowest BCUT2D eigenvalue weighted by atomic mass is 10.0. The lowest BCUT2D eigenvalue weighted by Gasteiger charge is -2.19. The number of rotatable bonds is 6. The number of benzene rings is 2. The van der Waals surface area contributed by atoms with E-state index in [0.717, 1.165) is 10.4 Å². The van der Waals surface area contributed by atoms with Crippen LogP contribution in [0.1, 0.15) is 46.9 Å². The molecule has 3 rings (SSSR count). The summed E-state index contributed by atoms with van der Waals surface area (Å²) in [7, 11) is 0. The first-order valence-electron chi connectivity index (χ1n) is 9.90. The molecule has 0 saturated carbocycles. The molecule has 1 aromatic heterocycles. The summed E-state index contributed by atoms with van der Waals surface area (Å²) in [6.45, 7) is 8.37. The molecule has 1 heterocycles. The predicted molar refractivity (Wildman–Crippen MR) is 129 cm³/mol. The van der Waals surface area contributed by atoms with Gasteiger partial charge in [0.1, 0.15) is 5.00 Å². The van der Waals surface area contributed by atoms with Crippen LogP contribution >= 0.6 is 23.6 Å². The van der Waals surface area contributed by atoms with Crippen LogP contribution in [0, 0.1) is 13.8 Å². The van der Waals surface area contributed by atoms with Gasteiger partial charge in [-0.1, -0.05) is 54.1 Å². The zero-order chi connectivity index (χ0) is 21.7. The van der Waals surface area contributed by atoms with Gasteiger partial charge in [0.05, 0.1) is 18.2 Å². The molecule has 0 radical (unpaired) electrons. The fraction of sp³-hybridized carbons (Fsp3) is 0.250. The predicted octanol–water partition coefficient (Wildman–Crippen LogP) is 6.26. The van der Waals surface area contributed by atoms with E-state index >= 15 is 0 Å². The molecular weight excluding hydrogens is 412 g/mol. The van der Waals surface area contributed by atoms with E-state index in [1.54, 1.807) is 6.92 Å². The van der Waals surface area contributed by atoms with Crippen LogP contribution in [0.2, 0.25) is 0 Å². The van der Waals surface area contributed by atoms with Crippen LogP contribution in [0.15, 0.2) is 54.6 Å². The summed E-state index contributed by atoms with van der Waals surface area (Å²) in [5.74, 6) is -0.358. The normalized spacial score (nSPS) is 11.6. The molecule has 30 heavy (non-hydrogen) atoms. The van der Waals surface area contributed by atoms with Crippen LogP contribution in [0.3, 0.4) is 0 Å². The third-order valence-corrected chi connectivity index (χ3v) is 6.07. The van der Waals surface area contributed by atoms with Gasteiger partial charge in [-0.15, -0.1) is 11.3 Å². The van der Waals surface area contributed by atoms with Crippen LogP contribution in [0.25, 0.3) is 10.4 Å². The van der Waals surface area contributed by atoms with Gasteiger partial charge in [-0.25, -0.2) is 4.79 Å². The maximum Gasteiger partial charge on any atom is 0.341 e. The standard InChI is InChI=1S/C24H26N2O2S2/c1-5-28-23(27)20-14-21(18-9-7-6-8-10-18)30-22(20)26-24(29)25-17(4)19-12-11-15(2)13-16(19)3/h6-14,17H,5H2,1-4H3,(H2,25,26,29). The van der Waals surface area contributed by atoms with Crippen molar-refractivity contribution in [2.75, 3.05) is 11.9 Å². The molecule has 4 nitrogen and oxygen atoms in total. The Balaban J connectivity index is 1.81. The number of esters is 1. The molecule has 3 aromatic rings. The van der Waals surface area contributed by atoms with Crippen molar-refractivity contribution in [1.29, 1.82) is 0 Å². The van der Waals surface area contributed by atoms with Crippen molar-refractivity contribution in [2.45, 2.75) is 33.7 Å². The van der Waals surface area contributed by atoms with Gasteiger partial charge in [0, 0.05) is 4.88 Å². The van der Waals surface area contributed by atoms with E-state index in [4.69, 9.17) is 17.0 Å². The van der Waals surface area contributed by atoms with Crippen molar-refractivity contribution >= 4 is 39.6 Å². The highest BCUT2D eigenvalue weighted by Gasteiger charge is 2.19. The second-order valence-electron chi connectivity index (χ2n) is 7.12. The van der Waals surface area contributed by atoms with Crippen molar-refractivity contribution < 1.29 is 9.53 Å². The summed E-state index contributed by atoms with van der Waals surface area (Å²) in [5, 5.41) is 7.68. The van der Waals surface area contributed by atoms with E-state index < -0.39 is 0 Å². The number of hydrogen-bond acceptors (Lipinski definition) is 4. The maximum atomic E-state index is 12.5. The minimum absolute atomic E-state index is 0.0326. The average Bonchev–Trinajstić information content (AvgIpc) is 3.12. The number of carbonyl (C=O) groups is 1. The van der Waals surface area contributed by atoms with Gasteiger partial charge in [0.2, 0.25) is 0 Å². The Morgan fingerprint density at radius 2 is 1.87 bits per heavy atom. The Hall–Kier alpha value is -2.70. The second-order valence-corrected chi connectivity index (χ2v) is 8.58. The molecule has 0 aliphatic carbocycles. The van der Waals surface area contributed by atoms with Gasteiger partial charge in [0.15, 0.2) is 5.11 Å². The molecule has 156 valence electrons. The highest BCUT2D eigenvalue weighted by molar-refractivity contribution is 7.80. The monoisotopic (exact) mass is 438 g/mol. The minimum atomic E-state index is -0.358. The van der Waals surface area contributed by atoms with Crippen molar-refractivity contribution in [3.63, 3.8) is 0 Å². The summed E-state index contributed by atoms with van der Waals surface area (Å²) in [4.78, 5) is 13.5. The first-order valence-corrected chi connectivity index (χ1v) is 11.1. The SMILES string of the molecule is CCOC(=O)c1cc(-c2ccccc2)sc1NC(=S)NC(C)c1ccc(C)cc1C. The van der Waals surface area contributed by atoms with Crippen molar-refractivity contribution in [3.05, 3.63) is 76.9 Å². The lowest BCUT2D eigenvalue weighted by Crippen LogP contribution is -2.31. The Labute approximate surface area is 187 Å². The average molecular weight is 439 g/mol. The molecule has 0 amide bonds. The number of carbonyl (C=O) groups excluding carboxylic acids is 1. The van der Waals surface area contributed by atoms with Crippen LogP contribution in [0.5, 0.6) is 0 Å². The van der Waals surface area contributed by atoms with Crippen molar-refractivity contribution in [1.82, 2.24) is 5.32 Å².